The van der Waals surface area contributed by atoms with Gasteiger partial charge in [0.2, 0.25) is 5.95 Å². The Morgan fingerprint density at radius 1 is 1.29 bits per heavy atom. The second-order valence-corrected chi connectivity index (χ2v) is 4.03. The van der Waals surface area contributed by atoms with Crippen LogP contribution in [0.25, 0.3) is 0 Å². The van der Waals surface area contributed by atoms with E-state index >= 15 is 0 Å². The molecule has 1 aromatic carbocycles. The molecule has 21 heavy (non-hydrogen) atoms. The largest absolute Gasteiger partial charge is 0.497 e. The first-order valence-electron chi connectivity index (χ1n) is 6.30. The maximum Gasteiger partial charge on any atom is 0.249 e. The molecule has 0 unspecified atom stereocenters. The Morgan fingerprint density at radius 3 is 2.86 bits per heavy atom. The fourth-order valence-electron chi connectivity index (χ4n) is 1.65. The van der Waals surface area contributed by atoms with Crippen molar-refractivity contribution in [1.82, 2.24) is 15.2 Å². The molecule has 0 amide bonds. The molecule has 0 atom stereocenters. The van der Waals surface area contributed by atoms with Crippen LogP contribution in [0, 0.1) is 0 Å². The molecule has 0 fully saturated rings. The molecule has 0 radical (unpaired) electrons. The summed E-state index contributed by atoms with van der Waals surface area (Å²) in [6.07, 6.45) is 3.28. The first-order chi connectivity index (χ1) is 10.3. The van der Waals surface area contributed by atoms with E-state index in [1.54, 1.807) is 32.4 Å². The zero-order chi connectivity index (χ0) is 15.1. The third-order valence-electron chi connectivity index (χ3n) is 2.64. The Bertz CT molecular complexity index is 618. The Labute approximate surface area is 123 Å². The van der Waals surface area contributed by atoms with Crippen LogP contribution in [0.5, 0.6) is 11.5 Å². The molecule has 2 rings (SSSR count). The van der Waals surface area contributed by atoms with E-state index in [0.29, 0.717) is 35.5 Å². The number of rotatable bonds is 7. The summed E-state index contributed by atoms with van der Waals surface area (Å²) >= 11 is 0. The molecule has 0 aliphatic heterocycles. The fourth-order valence-corrected chi connectivity index (χ4v) is 1.65. The minimum Gasteiger partial charge on any atom is -0.497 e. The third kappa shape index (κ3) is 3.82. The number of ether oxygens (including phenoxy) is 2. The smallest absolute Gasteiger partial charge is 0.249 e. The number of benzene rings is 1. The van der Waals surface area contributed by atoms with Crippen molar-refractivity contribution in [3.8, 4) is 11.5 Å². The van der Waals surface area contributed by atoms with Crippen molar-refractivity contribution in [2.75, 3.05) is 31.4 Å². The van der Waals surface area contributed by atoms with Gasteiger partial charge in [-0.2, -0.15) is 10.1 Å². The van der Waals surface area contributed by atoms with Crippen molar-refractivity contribution in [3.63, 3.8) is 0 Å². The Morgan fingerprint density at radius 2 is 2.14 bits per heavy atom. The lowest BCUT2D eigenvalue weighted by atomic mass is 10.2. The monoisotopic (exact) mass is 287 g/mol. The van der Waals surface area contributed by atoms with Crippen LogP contribution in [0.2, 0.25) is 0 Å². The number of nitrogens with zero attached hydrogens (tertiary/aromatic N) is 3. The molecule has 0 saturated heterocycles. The van der Waals surface area contributed by atoms with Crippen LogP contribution in [0.4, 0.5) is 17.5 Å². The molecule has 2 N–H and O–H groups in total. The van der Waals surface area contributed by atoms with Crippen LogP contribution in [0.15, 0.2) is 37.1 Å². The molecule has 2 aromatic rings. The maximum absolute atomic E-state index is 5.29. The van der Waals surface area contributed by atoms with Crippen molar-refractivity contribution in [1.29, 1.82) is 0 Å². The summed E-state index contributed by atoms with van der Waals surface area (Å²) in [7, 11) is 3.19. The first kappa shape index (κ1) is 14.6. The van der Waals surface area contributed by atoms with E-state index in [1.165, 1.54) is 6.20 Å². The van der Waals surface area contributed by atoms with Crippen LogP contribution >= 0.6 is 0 Å². The molecule has 1 aromatic heterocycles. The quantitative estimate of drug-likeness (QED) is 0.756. The van der Waals surface area contributed by atoms with Gasteiger partial charge in [0, 0.05) is 12.6 Å². The minimum atomic E-state index is 0.357. The SMILES string of the molecule is C=CCNc1cnnc(Nc2cc(OC)ccc2OC)n1. The summed E-state index contributed by atoms with van der Waals surface area (Å²) in [6.45, 7) is 4.23. The predicted octanol–water partition coefficient (Wildman–Crippen LogP) is 2.23. The van der Waals surface area contributed by atoms with E-state index in [4.69, 9.17) is 9.47 Å². The number of hydrogen-bond acceptors (Lipinski definition) is 7. The van der Waals surface area contributed by atoms with E-state index < -0.39 is 0 Å². The van der Waals surface area contributed by atoms with Gasteiger partial charge in [0.25, 0.3) is 0 Å². The predicted molar refractivity (Wildman–Crippen MR) is 81.3 cm³/mol. The lowest BCUT2D eigenvalue weighted by Gasteiger charge is -2.11. The second-order valence-electron chi connectivity index (χ2n) is 4.03. The van der Waals surface area contributed by atoms with Gasteiger partial charge in [0.1, 0.15) is 11.5 Å². The highest BCUT2D eigenvalue weighted by Gasteiger charge is 2.08. The van der Waals surface area contributed by atoms with Crippen molar-refractivity contribution in [2.24, 2.45) is 0 Å². The first-order valence-corrected chi connectivity index (χ1v) is 6.30. The summed E-state index contributed by atoms with van der Waals surface area (Å²) in [5, 5.41) is 13.9. The normalized spacial score (nSPS) is 9.81. The average molecular weight is 287 g/mol. The lowest BCUT2D eigenvalue weighted by molar-refractivity contribution is 0.405. The molecule has 0 spiro atoms. The summed E-state index contributed by atoms with van der Waals surface area (Å²) < 4.78 is 10.5. The summed E-state index contributed by atoms with van der Waals surface area (Å²) in [5.41, 5.74) is 0.694. The van der Waals surface area contributed by atoms with Crippen LogP contribution in [0.3, 0.4) is 0 Å². The number of hydrogen-bond donors (Lipinski definition) is 2. The lowest BCUT2D eigenvalue weighted by Crippen LogP contribution is -2.06. The maximum atomic E-state index is 5.29. The molecule has 1 heterocycles. The Hall–Kier alpha value is -2.83. The van der Waals surface area contributed by atoms with Gasteiger partial charge in [-0.25, -0.2) is 0 Å². The van der Waals surface area contributed by atoms with Crippen LogP contribution in [-0.4, -0.2) is 35.9 Å². The van der Waals surface area contributed by atoms with Crippen LogP contribution in [-0.2, 0) is 0 Å². The van der Waals surface area contributed by atoms with Crippen molar-refractivity contribution in [3.05, 3.63) is 37.1 Å². The van der Waals surface area contributed by atoms with Gasteiger partial charge in [-0.15, -0.1) is 11.7 Å². The van der Waals surface area contributed by atoms with Crippen LogP contribution < -0.4 is 20.1 Å². The molecule has 7 heteroatoms. The summed E-state index contributed by atoms with van der Waals surface area (Å²) in [6, 6.07) is 5.41. The van der Waals surface area contributed by atoms with E-state index in [1.807, 2.05) is 6.07 Å². The Balaban J connectivity index is 2.22. The van der Waals surface area contributed by atoms with Crippen LogP contribution in [0.1, 0.15) is 0 Å². The van der Waals surface area contributed by atoms with Gasteiger partial charge >= 0.3 is 0 Å². The Kier molecular flexibility index (Phi) is 4.92. The highest BCUT2D eigenvalue weighted by Crippen LogP contribution is 2.30. The van der Waals surface area contributed by atoms with Gasteiger partial charge in [0.05, 0.1) is 26.1 Å². The van der Waals surface area contributed by atoms with E-state index in [0.717, 1.165) is 0 Å². The minimum absolute atomic E-state index is 0.357. The molecule has 0 aliphatic rings. The number of anilines is 3. The second kappa shape index (κ2) is 7.09. The molecular weight excluding hydrogens is 270 g/mol. The highest BCUT2D eigenvalue weighted by atomic mass is 16.5. The topological polar surface area (TPSA) is 81.2 Å². The molecular formula is C14H17N5O2. The number of methoxy groups -OCH3 is 2. The third-order valence-corrected chi connectivity index (χ3v) is 2.64. The molecule has 0 saturated carbocycles. The zero-order valence-corrected chi connectivity index (χ0v) is 12.0. The molecule has 0 aliphatic carbocycles. The summed E-state index contributed by atoms with van der Waals surface area (Å²) in [5.74, 6) is 2.32. The standard InChI is InChI=1S/C14H17N5O2/c1-4-7-15-13-9-16-19-14(18-13)17-11-8-10(20-2)5-6-12(11)21-3/h4-6,8-9H,1,7H2,2-3H3,(H2,15,17,18,19). The zero-order valence-electron chi connectivity index (χ0n) is 12.0. The number of nitrogens with one attached hydrogen (secondary N) is 2. The summed E-state index contributed by atoms with van der Waals surface area (Å²) in [4.78, 5) is 4.30. The van der Waals surface area contributed by atoms with Gasteiger partial charge in [-0.1, -0.05) is 6.08 Å². The number of aromatic nitrogens is 3. The van der Waals surface area contributed by atoms with Gasteiger partial charge in [-0.3, -0.25) is 0 Å². The van der Waals surface area contributed by atoms with Gasteiger partial charge < -0.3 is 20.1 Å². The average Bonchev–Trinajstić information content (AvgIpc) is 2.53. The van der Waals surface area contributed by atoms with Crippen molar-refractivity contribution < 1.29 is 9.47 Å². The van der Waals surface area contributed by atoms with Gasteiger partial charge in [-0.05, 0) is 12.1 Å². The molecule has 0 bridgehead atoms. The van der Waals surface area contributed by atoms with E-state index in [2.05, 4.69) is 32.4 Å². The van der Waals surface area contributed by atoms with Gasteiger partial charge in [0.15, 0.2) is 5.82 Å². The molecule has 110 valence electrons. The molecule has 7 nitrogen and oxygen atoms in total. The van der Waals surface area contributed by atoms with E-state index in [9.17, 15) is 0 Å². The fraction of sp³-hybridized carbons (Fsp3) is 0.214. The highest BCUT2D eigenvalue weighted by molar-refractivity contribution is 5.65. The van der Waals surface area contributed by atoms with E-state index in [-0.39, 0.29) is 0 Å². The van der Waals surface area contributed by atoms with Crippen molar-refractivity contribution in [2.45, 2.75) is 0 Å². The van der Waals surface area contributed by atoms with Crippen molar-refractivity contribution >= 4 is 17.5 Å².